The molecule has 1 rings (SSSR count). The van der Waals surface area contributed by atoms with E-state index >= 15 is 0 Å². The van der Waals surface area contributed by atoms with E-state index in [1.165, 1.54) is 0 Å². The van der Waals surface area contributed by atoms with Crippen molar-refractivity contribution in [2.75, 3.05) is 31.7 Å². The minimum Gasteiger partial charge on any atom is -0.394 e. The van der Waals surface area contributed by atoms with E-state index in [9.17, 15) is 0 Å². The Labute approximate surface area is 149 Å². The van der Waals surface area contributed by atoms with Crippen molar-refractivity contribution in [3.05, 3.63) is 54.4 Å². The molecule has 0 radical (unpaired) electrons. The fourth-order valence-electron chi connectivity index (χ4n) is 1.84. The van der Waals surface area contributed by atoms with Crippen LogP contribution in [0.4, 0.5) is 5.69 Å². The molecule has 0 saturated carbocycles. The third-order valence-corrected chi connectivity index (χ3v) is 3.35. The number of amidine groups is 1. The fraction of sp³-hybridized carbons (Fsp3) is 0.368. The minimum atomic E-state index is -0.201. The van der Waals surface area contributed by atoms with E-state index in [4.69, 9.17) is 15.1 Å². The Hall–Kier alpha value is -2.62. The maximum Gasteiger partial charge on any atom is 0.128 e. The summed E-state index contributed by atoms with van der Waals surface area (Å²) < 4.78 is 5.23. The highest BCUT2D eigenvalue weighted by molar-refractivity contribution is 5.94. The summed E-state index contributed by atoms with van der Waals surface area (Å²) in [6.07, 6.45) is 1.83. The summed E-state index contributed by atoms with van der Waals surface area (Å²) in [5.74, 6) is 0.882. The number of allylic oxidation sites excluding steroid dienone is 1. The molecule has 0 heterocycles. The van der Waals surface area contributed by atoms with Crippen LogP contribution in [0.1, 0.15) is 13.8 Å². The first-order chi connectivity index (χ1) is 12.1. The lowest BCUT2D eigenvalue weighted by Crippen LogP contribution is -2.27. The number of benzene rings is 1. The predicted molar refractivity (Wildman–Crippen MR) is 101 cm³/mol. The van der Waals surface area contributed by atoms with Gasteiger partial charge in [-0.3, -0.25) is 0 Å². The van der Waals surface area contributed by atoms with Crippen molar-refractivity contribution in [1.82, 2.24) is 5.32 Å². The van der Waals surface area contributed by atoms with Crippen molar-refractivity contribution in [1.29, 1.82) is 5.26 Å². The average molecular weight is 342 g/mol. The summed E-state index contributed by atoms with van der Waals surface area (Å²) in [4.78, 5) is 4.46. The van der Waals surface area contributed by atoms with Crippen LogP contribution < -0.4 is 10.6 Å². The van der Waals surface area contributed by atoms with Crippen LogP contribution in [0.2, 0.25) is 0 Å². The second-order valence-corrected chi connectivity index (χ2v) is 5.44. The van der Waals surface area contributed by atoms with Crippen molar-refractivity contribution in [3.63, 3.8) is 0 Å². The highest BCUT2D eigenvalue weighted by Crippen LogP contribution is 2.10. The third kappa shape index (κ3) is 8.70. The quantitative estimate of drug-likeness (QED) is 0.345. The zero-order chi connectivity index (χ0) is 18.5. The summed E-state index contributed by atoms with van der Waals surface area (Å²) >= 11 is 0. The second-order valence-electron chi connectivity index (χ2n) is 5.44. The number of nitrogens with zero attached hydrogens (tertiary/aromatic N) is 2. The summed E-state index contributed by atoms with van der Waals surface area (Å²) in [7, 11) is 0. The van der Waals surface area contributed by atoms with Gasteiger partial charge in [0.2, 0.25) is 0 Å². The number of aliphatic hydroxyl groups is 1. The number of aliphatic hydroxyl groups excluding tert-OH is 1. The molecule has 1 atom stereocenters. The molecule has 1 aromatic rings. The Kier molecular flexibility index (Phi) is 9.68. The molecular weight excluding hydrogens is 316 g/mol. The van der Waals surface area contributed by atoms with E-state index in [1.807, 2.05) is 50.3 Å². The first-order valence-corrected chi connectivity index (χ1v) is 8.16. The normalized spacial score (nSPS) is 13.0. The van der Waals surface area contributed by atoms with E-state index in [0.717, 1.165) is 11.3 Å². The highest BCUT2D eigenvalue weighted by Gasteiger charge is 2.05. The zero-order valence-corrected chi connectivity index (χ0v) is 14.8. The summed E-state index contributed by atoms with van der Waals surface area (Å²) in [6, 6.07) is 11.8. The third-order valence-electron chi connectivity index (χ3n) is 3.35. The molecule has 0 fully saturated rings. The largest absolute Gasteiger partial charge is 0.394 e. The summed E-state index contributed by atoms with van der Waals surface area (Å²) in [5.41, 5.74) is 1.80. The van der Waals surface area contributed by atoms with Gasteiger partial charge < -0.3 is 20.5 Å². The van der Waals surface area contributed by atoms with Gasteiger partial charge in [0, 0.05) is 12.2 Å². The fourth-order valence-corrected chi connectivity index (χ4v) is 1.84. The van der Waals surface area contributed by atoms with E-state index < -0.39 is 0 Å². The number of rotatable bonds is 10. The predicted octanol–water partition coefficient (Wildman–Crippen LogP) is 2.67. The number of anilines is 1. The lowest BCUT2D eigenvalue weighted by molar-refractivity contribution is 0.0958. The topological polar surface area (TPSA) is 89.7 Å². The molecule has 0 saturated heterocycles. The van der Waals surface area contributed by atoms with Crippen molar-refractivity contribution in [3.8, 4) is 6.07 Å². The number of para-hydroxylation sites is 1. The van der Waals surface area contributed by atoms with Crippen LogP contribution in [0, 0.1) is 17.2 Å². The van der Waals surface area contributed by atoms with Gasteiger partial charge in [0.05, 0.1) is 31.8 Å². The lowest BCUT2D eigenvalue weighted by atomic mass is 10.0. The maximum atomic E-state index is 9.04. The molecule has 6 nitrogen and oxygen atoms in total. The van der Waals surface area contributed by atoms with E-state index in [0.29, 0.717) is 31.4 Å². The smallest absolute Gasteiger partial charge is 0.128 e. The molecular formula is C19H26N4O2. The summed E-state index contributed by atoms with van der Waals surface area (Å²) in [5, 5.41) is 24.0. The van der Waals surface area contributed by atoms with Gasteiger partial charge in [0.1, 0.15) is 11.7 Å². The maximum absolute atomic E-state index is 9.04. The SMILES string of the molecule is C=C(/N=C(\C=C(\C)C(C)C#N)NCCOCCO)Nc1ccccc1. The van der Waals surface area contributed by atoms with E-state index in [-0.39, 0.29) is 12.5 Å². The van der Waals surface area contributed by atoms with Crippen LogP contribution in [0.15, 0.2) is 59.4 Å². The van der Waals surface area contributed by atoms with Crippen LogP contribution >= 0.6 is 0 Å². The molecule has 0 aliphatic heterocycles. The number of nitrogens with one attached hydrogen (secondary N) is 2. The average Bonchev–Trinajstić information content (AvgIpc) is 2.61. The molecule has 6 heteroatoms. The van der Waals surface area contributed by atoms with E-state index in [1.54, 1.807) is 0 Å². The molecule has 0 spiro atoms. The van der Waals surface area contributed by atoms with Crippen molar-refractivity contribution in [2.45, 2.75) is 13.8 Å². The molecule has 0 amide bonds. The van der Waals surface area contributed by atoms with Gasteiger partial charge in [-0.05, 0) is 32.1 Å². The van der Waals surface area contributed by atoms with Crippen LogP contribution in [0.5, 0.6) is 0 Å². The Morgan fingerprint density at radius 3 is 2.76 bits per heavy atom. The number of hydrogen-bond acceptors (Lipinski definition) is 5. The Bertz CT molecular complexity index is 633. The molecule has 1 aromatic carbocycles. The van der Waals surface area contributed by atoms with Gasteiger partial charge in [0.25, 0.3) is 0 Å². The minimum absolute atomic E-state index is 0.00254. The van der Waals surface area contributed by atoms with Crippen molar-refractivity contribution >= 4 is 11.5 Å². The Balaban J connectivity index is 2.77. The first-order valence-electron chi connectivity index (χ1n) is 8.16. The first kappa shape index (κ1) is 20.4. The number of nitriles is 1. The van der Waals surface area contributed by atoms with Crippen molar-refractivity contribution in [2.24, 2.45) is 10.9 Å². The van der Waals surface area contributed by atoms with E-state index in [2.05, 4.69) is 28.3 Å². The van der Waals surface area contributed by atoms with Crippen LogP contribution in [0.3, 0.4) is 0 Å². The van der Waals surface area contributed by atoms with Gasteiger partial charge in [-0.25, -0.2) is 4.99 Å². The second kappa shape index (κ2) is 11.8. The molecule has 1 unspecified atom stereocenters. The molecule has 134 valence electrons. The molecule has 0 aliphatic rings. The van der Waals surface area contributed by atoms with Gasteiger partial charge in [-0.1, -0.05) is 30.4 Å². The molecule has 0 aliphatic carbocycles. The Morgan fingerprint density at radius 1 is 1.40 bits per heavy atom. The zero-order valence-electron chi connectivity index (χ0n) is 14.8. The standard InChI is InChI=1S/C19H26N4O2/c1-15(16(2)14-20)13-19(21-9-11-25-12-10-24)23-17(3)22-18-7-5-4-6-8-18/h4-8,13,16,22,24H,3,9-12H2,1-2H3,(H,21,23)/b15-13-. The molecule has 3 N–H and O–H groups in total. The summed E-state index contributed by atoms with van der Waals surface area (Å²) in [6.45, 7) is 8.92. The van der Waals surface area contributed by atoms with Crippen LogP contribution in [-0.2, 0) is 4.74 Å². The lowest BCUT2D eigenvalue weighted by Gasteiger charge is -2.11. The number of aliphatic imine (C=N–C) groups is 1. The molecule has 0 aromatic heterocycles. The van der Waals surface area contributed by atoms with Crippen molar-refractivity contribution < 1.29 is 9.84 Å². The van der Waals surface area contributed by atoms with Crippen LogP contribution in [0.25, 0.3) is 0 Å². The Morgan fingerprint density at radius 2 is 2.12 bits per heavy atom. The molecule has 25 heavy (non-hydrogen) atoms. The van der Waals surface area contributed by atoms with Gasteiger partial charge in [-0.15, -0.1) is 0 Å². The van der Waals surface area contributed by atoms with Crippen LogP contribution in [-0.4, -0.2) is 37.3 Å². The van der Waals surface area contributed by atoms with Gasteiger partial charge >= 0.3 is 0 Å². The van der Waals surface area contributed by atoms with Gasteiger partial charge in [-0.2, -0.15) is 5.26 Å². The monoisotopic (exact) mass is 342 g/mol. The highest BCUT2D eigenvalue weighted by atomic mass is 16.5. The number of hydrogen-bond donors (Lipinski definition) is 3. The molecule has 0 bridgehead atoms. The number of ether oxygens (including phenoxy) is 1. The van der Waals surface area contributed by atoms with Gasteiger partial charge in [0.15, 0.2) is 0 Å².